The number of rotatable bonds is 3. The summed E-state index contributed by atoms with van der Waals surface area (Å²) in [7, 11) is 2.02. The molecule has 2 aromatic heterocycles. The summed E-state index contributed by atoms with van der Waals surface area (Å²) < 4.78 is 1.36. The van der Waals surface area contributed by atoms with E-state index in [4.69, 9.17) is 0 Å². The maximum Gasteiger partial charge on any atom is 0.0682 e. The molecular weight excluding hydrogens is 246 g/mol. The van der Waals surface area contributed by atoms with Crippen molar-refractivity contribution in [2.24, 2.45) is 0 Å². The van der Waals surface area contributed by atoms with E-state index in [-0.39, 0.29) is 0 Å². The average Bonchev–Trinajstić information content (AvgIpc) is 3.01. The van der Waals surface area contributed by atoms with E-state index < -0.39 is 0 Å². The van der Waals surface area contributed by atoms with Crippen LogP contribution in [0.2, 0.25) is 0 Å². The van der Waals surface area contributed by atoms with Crippen LogP contribution in [0.4, 0.5) is 0 Å². The van der Waals surface area contributed by atoms with Crippen LogP contribution in [-0.4, -0.2) is 7.05 Å². The molecule has 3 aromatic rings. The van der Waals surface area contributed by atoms with Crippen LogP contribution in [0.1, 0.15) is 16.5 Å². The highest BCUT2D eigenvalue weighted by atomic mass is 32.1. The third-order valence-electron chi connectivity index (χ3n) is 2.94. The molecule has 0 aliphatic carbocycles. The minimum absolute atomic E-state index is 0.311. The third-order valence-corrected chi connectivity index (χ3v) is 4.86. The van der Waals surface area contributed by atoms with E-state index in [0.29, 0.717) is 6.04 Å². The van der Waals surface area contributed by atoms with Crippen molar-refractivity contribution in [1.82, 2.24) is 5.32 Å². The lowest BCUT2D eigenvalue weighted by atomic mass is 10.0. The molecule has 0 amide bonds. The van der Waals surface area contributed by atoms with Crippen LogP contribution in [-0.2, 0) is 0 Å². The maximum atomic E-state index is 3.42. The molecule has 3 rings (SSSR count). The van der Waals surface area contributed by atoms with Gasteiger partial charge in [-0.25, -0.2) is 0 Å². The van der Waals surface area contributed by atoms with Gasteiger partial charge in [-0.15, -0.1) is 22.7 Å². The second kappa shape index (κ2) is 4.61. The van der Waals surface area contributed by atoms with Gasteiger partial charge in [0.05, 0.1) is 6.04 Å². The number of benzene rings is 1. The third kappa shape index (κ3) is 1.90. The molecule has 0 fully saturated rings. The van der Waals surface area contributed by atoms with Crippen molar-refractivity contribution in [2.45, 2.75) is 6.04 Å². The van der Waals surface area contributed by atoms with Crippen molar-refractivity contribution in [1.29, 1.82) is 0 Å². The molecule has 0 bridgehead atoms. The van der Waals surface area contributed by atoms with E-state index in [1.54, 1.807) is 11.3 Å². The molecule has 0 spiro atoms. The number of nitrogens with one attached hydrogen (secondary N) is 1. The van der Waals surface area contributed by atoms with E-state index in [1.165, 1.54) is 20.5 Å². The van der Waals surface area contributed by atoms with Crippen LogP contribution in [0, 0.1) is 0 Å². The van der Waals surface area contributed by atoms with Gasteiger partial charge in [0.15, 0.2) is 0 Å². The Bertz CT molecular complexity index is 610. The van der Waals surface area contributed by atoms with Crippen molar-refractivity contribution in [2.75, 3.05) is 7.05 Å². The normalized spacial score (nSPS) is 13.0. The van der Waals surface area contributed by atoms with Gasteiger partial charge in [-0.1, -0.05) is 24.3 Å². The first-order chi connectivity index (χ1) is 8.40. The maximum absolute atomic E-state index is 3.42. The topological polar surface area (TPSA) is 12.0 Å². The Labute approximate surface area is 109 Å². The first kappa shape index (κ1) is 11.0. The summed E-state index contributed by atoms with van der Waals surface area (Å²) in [6.07, 6.45) is 0. The number of thiophene rings is 2. The summed E-state index contributed by atoms with van der Waals surface area (Å²) in [6, 6.07) is 13.2. The molecule has 1 N–H and O–H groups in total. The highest BCUT2D eigenvalue weighted by molar-refractivity contribution is 7.17. The van der Waals surface area contributed by atoms with Gasteiger partial charge in [0.2, 0.25) is 0 Å². The summed E-state index contributed by atoms with van der Waals surface area (Å²) in [5, 5.41) is 9.18. The lowest BCUT2D eigenvalue weighted by Crippen LogP contribution is -2.15. The van der Waals surface area contributed by atoms with Crippen LogP contribution < -0.4 is 5.32 Å². The fourth-order valence-electron chi connectivity index (χ4n) is 2.13. The average molecular weight is 259 g/mol. The van der Waals surface area contributed by atoms with E-state index >= 15 is 0 Å². The Balaban J connectivity index is 2.13. The van der Waals surface area contributed by atoms with Gasteiger partial charge in [0.25, 0.3) is 0 Å². The predicted molar refractivity (Wildman–Crippen MR) is 77.0 cm³/mol. The molecule has 0 saturated heterocycles. The molecular formula is C14H13NS2. The Morgan fingerprint density at radius 3 is 2.71 bits per heavy atom. The van der Waals surface area contributed by atoms with Gasteiger partial charge in [-0.3, -0.25) is 0 Å². The van der Waals surface area contributed by atoms with Gasteiger partial charge in [-0.05, 0) is 40.9 Å². The Morgan fingerprint density at radius 1 is 1.06 bits per heavy atom. The lowest BCUT2D eigenvalue weighted by Gasteiger charge is -2.13. The molecule has 1 aromatic carbocycles. The monoisotopic (exact) mass is 259 g/mol. The number of hydrogen-bond acceptors (Lipinski definition) is 3. The van der Waals surface area contributed by atoms with Crippen molar-refractivity contribution >= 4 is 32.8 Å². The highest BCUT2D eigenvalue weighted by Crippen LogP contribution is 2.34. The van der Waals surface area contributed by atoms with Crippen LogP contribution in [0.15, 0.2) is 47.2 Å². The van der Waals surface area contributed by atoms with E-state index in [1.807, 2.05) is 18.4 Å². The smallest absolute Gasteiger partial charge is 0.0682 e. The van der Waals surface area contributed by atoms with Gasteiger partial charge in [0.1, 0.15) is 0 Å². The fraction of sp³-hybridized carbons (Fsp3) is 0.143. The van der Waals surface area contributed by atoms with Gasteiger partial charge in [-0.2, -0.15) is 0 Å². The summed E-state index contributed by atoms with van der Waals surface area (Å²) in [5.74, 6) is 0. The number of fused-ring (bicyclic) bond motifs is 1. The van der Waals surface area contributed by atoms with Crippen LogP contribution in [0.25, 0.3) is 10.1 Å². The SMILES string of the molecule is CNC(c1cccs1)c1csc2ccccc12. The van der Waals surface area contributed by atoms with Crippen molar-refractivity contribution in [3.05, 3.63) is 57.6 Å². The first-order valence-corrected chi connectivity index (χ1v) is 7.33. The number of hydrogen-bond donors (Lipinski definition) is 1. The van der Waals surface area contributed by atoms with Crippen LogP contribution in [0.3, 0.4) is 0 Å². The Hall–Kier alpha value is -1.16. The van der Waals surface area contributed by atoms with E-state index in [9.17, 15) is 0 Å². The first-order valence-electron chi connectivity index (χ1n) is 5.57. The second-order valence-corrected chi connectivity index (χ2v) is 5.81. The molecule has 1 unspecified atom stereocenters. The second-order valence-electron chi connectivity index (χ2n) is 3.92. The standard InChI is InChI=1S/C14H13NS2/c1-15-14(13-7-4-8-16-13)11-9-17-12-6-3-2-5-10(11)12/h2-9,14-15H,1H3. The largest absolute Gasteiger partial charge is 0.309 e. The molecule has 0 radical (unpaired) electrons. The molecule has 2 heterocycles. The minimum atomic E-state index is 0.311. The zero-order chi connectivity index (χ0) is 11.7. The molecule has 1 nitrogen and oxygen atoms in total. The molecule has 0 saturated carbocycles. The Kier molecular flexibility index (Phi) is 2.97. The van der Waals surface area contributed by atoms with Gasteiger partial charge in [0, 0.05) is 9.58 Å². The fourth-order valence-corrected chi connectivity index (χ4v) is 3.97. The minimum Gasteiger partial charge on any atom is -0.309 e. The van der Waals surface area contributed by atoms with E-state index in [0.717, 1.165) is 0 Å². The van der Waals surface area contributed by atoms with Crippen molar-refractivity contribution in [3.63, 3.8) is 0 Å². The van der Waals surface area contributed by atoms with Crippen molar-refractivity contribution in [3.8, 4) is 0 Å². The molecule has 86 valence electrons. The molecule has 1 atom stereocenters. The van der Waals surface area contributed by atoms with E-state index in [2.05, 4.69) is 52.5 Å². The summed E-state index contributed by atoms with van der Waals surface area (Å²) in [6.45, 7) is 0. The Morgan fingerprint density at radius 2 is 1.94 bits per heavy atom. The van der Waals surface area contributed by atoms with Gasteiger partial charge < -0.3 is 5.32 Å². The van der Waals surface area contributed by atoms with Crippen LogP contribution in [0.5, 0.6) is 0 Å². The summed E-state index contributed by atoms with van der Waals surface area (Å²) in [5.41, 5.74) is 1.38. The van der Waals surface area contributed by atoms with Crippen molar-refractivity contribution < 1.29 is 0 Å². The molecule has 0 aliphatic rings. The van der Waals surface area contributed by atoms with Crippen LogP contribution >= 0.6 is 22.7 Å². The quantitative estimate of drug-likeness (QED) is 0.740. The summed E-state index contributed by atoms with van der Waals surface area (Å²) in [4.78, 5) is 1.37. The van der Waals surface area contributed by atoms with Gasteiger partial charge >= 0.3 is 0 Å². The highest BCUT2D eigenvalue weighted by Gasteiger charge is 2.16. The summed E-state index contributed by atoms with van der Waals surface area (Å²) >= 11 is 3.62. The lowest BCUT2D eigenvalue weighted by molar-refractivity contribution is 0.711. The predicted octanol–water partition coefficient (Wildman–Crippen LogP) is 4.27. The molecule has 3 heteroatoms. The molecule has 17 heavy (non-hydrogen) atoms. The zero-order valence-corrected chi connectivity index (χ0v) is 11.1. The molecule has 0 aliphatic heterocycles. The zero-order valence-electron chi connectivity index (χ0n) is 9.51.